The number of hydrogen-bond acceptors (Lipinski definition) is 1. The van der Waals surface area contributed by atoms with Crippen LogP contribution in [0.15, 0.2) is 24.3 Å². The molecule has 2 bridgehead atoms. The molecule has 0 saturated heterocycles. The quantitative estimate of drug-likeness (QED) is 0.784. The van der Waals surface area contributed by atoms with Crippen LogP contribution in [-0.2, 0) is 11.6 Å². The van der Waals surface area contributed by atoms with Gasteiger partial charge in [-0.15, -0.1) is 0 Å². The maximum absolute atomic E-state index is 12.4. The van der Waals surface area contributed by atoms with Crippen LogP contribution in [-0.4, -0.2) is 5.54 Å². The fraction of sp³-hybridized carbons (Fsp3) is 0.500. The van der Waals surface area contributed by atoms with E-state index in [0.29, 0.717) is 0 Å². The van der Waals surface area contributed by atoms with Crippen LogP contribution in [0.4, 0.5) is 13.2 Å². The van der Waals surface area contributed by atoms with Gasteiger partial charge in [-0.3, -0.25) is 0 Å². The average Bonchev–Trinajstić information content (AvgIpc) is 2.10. The van der Waals surface area contributed by atoms with Crippen molar-refractivity contribution in [2.24, 2.45) is 5.73 Å². The molecule has 2 N–H and O–H groups in total. The standard InChI is InChI=1S/C12H12F3N/c13-12(14,15)9-3-1-8(2-4-9)10-5-11(16,6-10)7-10/h1-4H,5-7,16H2. The van der Waals surface area contributed by atoms with Crippen molar-refractivity contribution in [1.82, 2.24) is 0 Å². The van der Waals surface area contributed by atoms with Crippen molar-refractivity contribution in [3.63, 3.8) is 0 Å². The van der Waals surface area contributed by atoms with E-state index in [2.05, 4.69) is 0 Å². The largest absolute Gasteiger partial charge is 0.416 e. The Bertz CT molecular complexity index is 413. The highest BCUT2D eigenvalue weighted by Gasteiger charge is 2.66. The minimum atomic E-state index is -4.24. The molecule has 0 heterocycles. The zero-order valence-corrected chi connectivity index (χ0v) is 8.64. The third kappa shape index (κ3) is 1.22. The van der Waals surface area contributed by atoms with Gasteiger partial charge < -0.3 is 5.73 Å². The highest BCUT2D eigenvalue weighted by molar-refractivity contribution is 5.42. The molecule has 0 aromatic heterocycles. The van der Waals surface area contributed by atoms with Crippen LogP contribution in [0.1, 0.15) is 30.4 Å². The molecule has 1 aromatic rings. The monoisotopic (exact) mass is 227 g/mol. The first kappa shape index (κ1) is 10.1. The summed E-state index contributed by atoms with van der Waals surface area (Å²) in [5.41, 5.74) is 6.44. The Morgan fingerprint density at radius 1 is 1.00 bits per heavy atom. The van der Waals surface area contributed by atoms with Gasteiger partial charge in [0.1, 0.15) is 0 Å². The topological polar surface area (TPSA) is 26.0 Å². The predicted molar refractivity (Wildman–Crippen MR) is 53.9 cm³/mol. The molecule has 3 aliphatic rings. The molecule has 1 nitrogen and oxygen atoms in total. The van der Waals surface area contributed by atoms with Crippen LogP contribution in [0.3, 0.4) is 0 Å². The summed E-state index contributed by atoms with van der Waals surface area (Å²) in [6, 6.07) is 5.53. The number of nitrogens with two attached hydrogens (primary N) is 1. The minimum Gasteiger partial charge on any atom is -0.325 e. The number of halogens is 3. The van der Waals surface area contributed by atoms with Crippen molar-refractivity contribution in [1.29, 1.82) is 0 Å². The molecule has 1 aromatic carbocycles. The van der Waals surface area contributed by atoms with E-state index in [1.54, 1.807) is 12.1 Å². The number of benzene rings is 1. The van der Waals surface area contributed by atoms with Gasteiger partial charge in [0, 0.05) is 11.0 Å². The van der Waals surface area contributed by atoms with E-state index in [0.717, 1.165) is 24.8 Å². The zero-order valence-electron chi connectivity index (χ0n) is 8.64. The maximum atomic E-state index is 12.4. The molecule has 0 spiro atoms. The van der Waals surface area contributed by atoms with E-state index < -0.39 is 11.7 Å². The van der Waals surface area contributed by atoms with Crippen molar-refractivity contribution in [3.05, 3.63) is 35.4 Å². The molecular formula is C12H12F3N. The lowest BCUT2D eigenvalue weighted by molar-refractivity contribution is -0.137. The summed E-state index contributed by atoms with van der Waals surface area (Å²) in [5, 5.41) is 0. The van der Waals surface area contributed by atoms with Gasteiger partial charge in [0.05, 0.1) is 5.56 Å². The summed E-state index contributed by atoms with van der Waals surface area (Å²) >= 11 is 0. The Kier molecular flexibility index (Phi) is 1.66. The summed E-state index contributed by atoms with van der Waals surface area (Å²) < 4.78 is 37.1. The third-order valence-corrected chi connectivity index (χ3v) is 3.90. The molecular weight excluding hydrogens is 215 g/mol. The molecule has 16 heavy (non-hydrogen) atoms. The lowest BCUT2D eigenvalue weighted by Crippen LogP contribution is -2.74. The Balaban J connectivity index is 1.84. The van der Waals surface area contributed by atoms with Gasteiger partial charge in [-0.25, -0.2) is 0 Å². The van der Waals surface area contributed by atoms with Gasteiger partial charge in [0.25, 0.3) is 0 Å². The lowest BCUT2D eigenvalue weighted by Gasteiger charge is -2.69. The van der Waals surface area contributed by atoms with Crippen molar-refractivity contribution in [2.45, 2.75) is 36.4 Å². The van der Waals surface area contributed by atoms with E-state index in [9.17, 15) is 13.2 Å². The van der Waals surface area contributed by atoms with Gasteiger partial charge >= 0.3 is 6.18 Å². The van der Waals surface area contributed by atoms with E-state index in [-0.39, 0.29) is 11.0 Å². The SMILES string of the molecule is NC12CC(c3ccc(C(F)(F)F)cc3)(C1)C2. The average molecular weight is 227 g/mol. The first-order valence-electron chi connectivity index (χ1n) is 5.30. The summed E-state index contributed by atoms with van der Waals surface area (Å²) in [6.07, 6.45) is -1.48. The summed E-state index contributed by atoms with van der Waals surface area (Å²) in [7, 11) is 0. The highest BCUT2D eigenvalue weighted by Crippen LogP contribution is 2.66. The van der Waals surface area contributed by atoms with Crippen LogP contribution in [0.5, 0.6) is 0 Å². The van der Waals surface area contributed by atoms with Crippen LogP contribution in [0.25, 0.3) is 0 Å². The van der Waals surface area contributed by atoms with E-state index in [4.69, 9.17) is 5.73 Å². The molecule has 86 valence electrons. The van der Waals surface area contributed by atoms with Crippen LogP contribution >= 0.6 is 0 Å². The fourth-order valence-corrected chi connectivity index (χ4v) is 3.19. The minimum absolute atomic E-state index is 0.0112. The smallest absolute Gasteiger partial charge is 0.325 e. The van der Waals surface area contributed by atoms with Crippen LogP contribution in [0.2, 0.25) is 0 Å². The second kappa shape index (κ2) is 2.62. The number of rotatable bonds is 1. The van der Waals surface area contributed by atoms with Gasteiger partial charge in [-0.05, 0) is 37.0 Å². The maximum Gasteiger partial charge on any atom is 0.416 e. The van der Waals surface area contributed by atoms with E-state index >= 15 is 0 Å². The van der Waals surface area contributed by atoms with Gasteiger partial charge in [-0.1, -0.05) is 12.1 Å². The second-order valence-corrected chi connectivity index (χ2v) is 5.25. The molecule has 3 saturated carbocycles. The third-order valence-electron chi connectivity index (χ3n) is 3.90. The molecule has 0 amide bonds. The van der Waals surface area contributed by atoms with Gasteiger partial charge in [0.15, 0.2) is 0 Å². The van der Waals surface area contributed by atoms with E-state index in [1.807, 2.05) is 0 Å². The molecule has 0 aliphatic heterocycles. The van der Waals surface area contributed by atoms with Crippen LogP contribution < -0.4 is 5.73 Å². The van der Waals surface area contributed by atoms with Crippen molar-refractivity contribution < 1.29 is 13.2 Å². The molecule has 0 unspecified atom stereocenters. The fourth-order valence-electron chi connectivity index (χ4n) is 3.19. The Labute approximate surface area is 91.4 Å². The first-order chi connectivity index (χ1) is 7.33. The van der Waals surface area contributed by atoms with E-state index in [1.165, 1.54) is 12.1 Å². The Morgan fingerprint density at radius 3 is 1.88 bits per heavy atom. The molecule has 0 radical (unpaired) electrons. The van der Waals surface area contributed by atoms with Gasteiger partial charge in [0.2, 0.25) is 0 Å². The van der Waals surface area contributed by atoms with Crippen molar-refractivity contribution in [3.8, 4) is 0 Å². The normalized spacial score (nSPS) is 36.5. The van der Waals surface area contributed by atoms with Gasteiger partial charge in [-0.2, -0.15) is 13.2 Å². The summed E-state index contributed by atoms with van der Waals surface area (Å²) in [6.45, 7) is 0. The molecule has 3 aliphatic carbocycles. The highest BCUT2D eigenvalue weighted by atomic mass is 19.4. The molecule has 3 fully saturated rings. The second-order valence-electron chi connectivity index (χ2n) is 5.25. The molecule has 4 heteroatoms. The summed E-state index contributed by atoms with van der Waals surface area (Å²) in [5.74, 6) is 0. The van der Waals surface area contributed by atoms with Crippen molar-refractivity contribution in [2.75, 3.05) is 0 Å². The lowest BCUT2D eigenvalue weighted by atomic mass is 9.38. The molecule has 0 atom stereocenters. The number of alkyl halides is 3. The molecule has 4 rings (SSSR count). The van der Waals surface area contributed by atoms with Crippen LogP contribution in [0, 0.1) is 0 Å². The first-order valence-corrected chi connectivity index (χ1v) is 5.30. The zero-order chi connectivity index (χ0) is 11.6. The van der Waals surface area contributed by atoms with Crippen molar-refractivity contribution >= 4 is 0 Å². The summed E-state index contributed by atoms with van der Waals surface area (Å²) in [4.78, 5) is 0. The predicted octanol–water partition coefficient (Wildman–Crippen LogP) is 2.84. The number of hydrogen-bond donors (Lipinski definition) is 1. The Morgan fingerprint density at radius 2 is 1.50 bits per heavy atom. The Hall–Kier alpha value is -1.03.